The highest BCUT2D eigenvalue weighted by atomic mass is 14.9. The molecule has 2 nitrogen and oxygen atoms in total. The van der Waals surface area contributed by atoms with E-state index in [9.17, 15) is 0 Å². The van der Waals surface area contributed by atoms with Gasteiger partial charge in [0.15, 0.2) is 0 Å². The summed E-state index contributed by atoms with van der Waals surface area (Å²) in [5, 5.41) is 6.68. The molecule has 0 spiro atoms. The average Bonchev–Trinajstić information content (AvgIpc) is 2.01. The van der Waals surface area contributed by atoms with E-state index in [0.29, 0.717) is 5.41 Å². The SMILES string of the molecule is CNCCCNCC(C)(C)CC(C)C. The lowest BCUT2D eigenvalue weighted by Gasteiger charge is -2.27. The molecular formula is C12H28N2. The molecule has 0 heterocycles. The van der Waals surface area contributed by atoms with Crippen molar-refractivity contribution in [1.82, 2.24) is 10.6 Å². The summed E-state index contributed by atoms with van der Waals surface area (Å²) in [4.78, 5) is 0. The molecule has 0 atom stereocenters. The molecule has 0 aliphatic carbocycles. The van der Waals surface area contributed by atoms with Crippen molar-refractivity contribution in [2.45, 2.75) is 40.5 Å². The van der Waals surface area contributed by atoms with Crippen molar-refractivity contribution < 1.29 is 0 Å². The zero-order valence-electron chi connectivity index (χ0n) is 10.6. The van der Waals surface area contributed by atoms with Gasteiger partial charge in [-0.2, -0.15) is 0 Å². The van der Waals surface area contributed by atoms with Gasteiger partial charge in [0, 0.05) is 6.54 Å². The molecule has 0 rings (SSSR count). The minimum Gasteiger partial charge on any atom is -0.320 e. The number of rotatable bonds is 8. The molecule has 0 aromatic rings. The Balaban J connectivity index is 3.45. The summed E-state index contributed by atoms with van der Waals surface area (Å²) in [5.74, 6) is 0.795. The van der Waals surface area contributed by atoms with Crippen LogP contribution in [0.2, 0.25) is 0 Å². The second-order valence-corrected chi connectivity index (χ2v) is 5.40. The smallest absolute Gasteiger partial charge is 0.000262 e. The van der Waals surface area contributed by atoms with Crippen LogP contribution in [0.5, 0.6) is 0 Å². The first-order valence-corrected chi connectivity index (χ1v) is 5.83. The number of nitrogens with one attached hydrogen (secondary N) is 2. The van der Waals surface area contributed by atoms with Crippen LogP contribution in [0.4, 0.5) is 0 Å². The van der Waals surface area contributed by atoms with Crippen LogP contribution >= 0.6 is 0 Å². The van der Waals surface area contributed by atoms with Crippen molar-refractivity contribution in [2.75, 3.05) is 26.7 Å². The summed E-state index contributed by atoms with van der Waals surface area (Å²) in [6.45, 7) is 12.6. The van der Waals surface area contributed by atoms with Gasteiger partial charge in [-0.05, 0) is 44.3 Å². The van der Waals surface area contributed by atoms with Crippen molar-refractivity contribution in [3.8, 4) is 0 Å². The highest BCUT2D eigenvalue weighted by molar-refractivity contribution is 4.72. The Morgan fingerprint density at radius 1 is 1.14 bits per heavy atom. The molecule has 0 fully saturated rings. The van der Waals surface area contributed by atoms with Crippen molar-refractivity contribution in [2.24, 2.45) is 11.3 Å². The van der Waals surface area contributed by atoms with Crippen LogP contribution in [0.25, 0.3) is 0 Å². The van der Waals surface area contributed by atoms with Crippen molar-refractivity contribution >= 4 is 0 Å². The topological polar surface area (TPSA) is 24.1 Å². The molecule has 0 aromatic heterocycles. The highest BCUT2D eigenvalue weighted by Crippen LogP contribution is 2.23. The average molecular weight is 200 g/mol. The Hall–Kier alpha value is -0.0800. The lowest BCUT2D eigenvalue weighted by molar-refractivity contribution is 0.273. The van der Waals surface area contributed by atoms with Gasteiger partial charge in [0.05, 0.1) is 0 Å². The molecule has 0 amide bonds. The van der Waals surface area contributed by atoms with E-state index in [1.807, 2.05) is 7.05 Å². The van der Waals surface area contributed by atoms with Gasteiger partial charge >= 0.3 is 0 Å². The van der Waals surface area contributed by atoms with E-state index in [1.54, 1.807) is 0 Å². The molecule has 2 heteroatoms. The van der Waals surface area contributed by atoms with E-state index >= 15 is 0 Å². The zero-order valence-corrected chi connectivity index (χ0v) is 10.6. The maximum absolute atomic E-state index is 3.53. The first-order valence-electron chi connectivity index (χ1n) is 5.83. The maximum atomic E-state index is 3.53. The molecule has 0 saturated heterocycles. The van der Waals surface area contributed by atoms with Gasteiger partial charge in [-0.3, -0.25) is 0 Å². The normalized spacial score (nSPS) is 12.4. The largest absolute Gasteiger partial charge is 0.320 e. The third-order valence-corrected chi connectivity index (χ3v) is 2.34. The second kappa shape index (κ2) is 7.24. The highest BCUT2D eigenvalue weighted by Gasteiger charge is 2.18. The summed E-state index contributed by atoms with van der Waals surface area (Å²) < 4.78 is 0. The molecule has 2 N–H and O–H groups in total. The Morgan fingerprint density at radius 2 is 1.79 bits per heavy atom. The Morgan fingerprint density at radius 3 is 2.29 bits per heavy atom. The van der Waals surface area contributed by atoms with Crippen LogP contribution in [-0.4, -0.2) is 26.7 Å². The van der Waals surface area contributed by atoms with Gasteiger partial charge < -0.3 is 10.6 Å². The predicted molar refractivity (Wildman–Crippen MR) is 64.6 cm³/mol. The van der Waals surface area contributed by atoms with E-state index in [2.05, 4.69) is 38.3 Å². The molecule has 0 bridgehead atoms. The van der Waals surface area contributed by atoms with Gasteiger partial charge in [0.1, 0.15) is 0 Å². The van der Waals surface area contributed by atoms with Crippen LogP contribution in [0.1, 0.15) is 40.5 Å². The molecule has 0 radical (unpaired) electrons. The molecule has 0 unspecified atom stereocenters. The summed E-state index contributed by atoms with van der Waals surface area (Å²) in [6, 6.07) is 0. The van der Waals surface area contributed by atoms with Crippen LogP contribution < -0.4 is 10.6 Å². The quantitative estimate of drug-likeness (QED) is 0.587. The maximum Gasteiger partial charge on any atom is 0.000262 e. The third-order valence-electron chi connectivity index (χ3n) is 2.34. The van der Waals surface area contributed by atoms with Crippen molar-refractivity contribution in [3.05, 3.63) is 0 Å². The van der Waals surface area contributed by atoms with Gasteiger partial charge in [0.25, 0.3) is 0 Å². The van der Waals surface area contributed by atoms with Crippen LogP contribution in [0.15, 0.2) is 0 Å². The van der Waals surface area contributed by atoms with E-state index < -0.39 is 0 Å². The third kappa shape index (κ3) is 8.52. The summed E-state index contributed by atoms with van der Waals surface area (Å²) in [7, 11) is 2.00. The molecule has 0 aromatic carbocycles. The summed E-state index contributed by atoms with van der Waals surface area (Å²) >= 11 is 0. The molecule has 14 heavy (non-hydrogen) atoms. The predicted octanol–water partition coefficient (Wildman–Crippen LogP) is 2.26. The second-order valence-electron chi connectivity index (χ2n) is 5.40. The van der Waals surface area contributed by atoms with E-state index in [4.69, 9.17) is 0 Å². The number of hydrogen-bond donors (Lipinski definition) is 2. The first-order chi connectivity index (χ1) is 6.48. The Bertz CT molecular complexity index is 130. The Labute approximate surface area is 89.9 Å². The standard InChI is InChI=1S/C12H28N2/c1-11(2)9-12(3,4)10-14-8-6-7-13-5/h11,13-14H,6-10H2,1-5H3. The fourth-order valence-corrected chi connectivity index (χ4v) is 1.99. The Kier molecular flexibility index (Phi) is 7.20. The van der Waals surface area contributed by atoms with Gasteiger partial charge in [-0.15, -0.1) is 0 Å². The van der Waals surface area contributed by atoms with Gasteiger partial charge in [0.2, 0.25) is 0 Å². The molecule has 0 aliphatic rings. The molecule has 0 saturated carbocycles. The minimum atomic E-state index is 0.438. The lowest BCUT2D eigenvalue weighted by atomic mass is 9.84. The van der Waals surface area contributed by atoms with E-state index in [1.165, 1.54) is 12.8 Å². The fourth-order valence-electron chi connectivity index (χ4n) is 1.99. The van der Waals surface area contributed by atoms with E-state index in [0.717, 1.165) is 25.6 Å². The van der Waals surface area contributed by atoms with Crippen LogP contribution in [-0.2, 0) is 0 Å². The fraction of sp³-hybridized carbons (Fsp3) is 1.00. The summed E-state index contributed by atoms with van der Waals surface area (Å²) in [6.07, 6.45) is 2.51. The van der Waals surface area contributed by atoms with Gasteiger partial charge in [-0.1, -0.05) is 27.7 Å². The summed E-state index contributed by atoms with van der Waals surface area (Å²) in [5.41, 5.74) is 0.438. The van der Waals surface area contributed by atoms with Gasteiger partial charge in [-0.25, -0.2) is 0 Å². The van der Waals surface area contributed by atoms with E-state index in [-0.39, 0.29) is 0 Å². The van der Waals surface area contributed by atoms with Crippen molar-refractivity contribution in [1.29, 1.82) is 0 Å². The zero-order chi connectivity index (χ0) is 11.0. The lowest BCUT2D eigenvalue weighted by Crippen LogP contribution is -2.32. The van der Waals surface area contributed by atoms with Crippen LogP contribution in [0, 0.1) is 11.3 Å². The number of hydrogen-bond acceptors (Lipinski definition) is 2. The molecule has 86 valence electrons. The molecule has 0 aliphatic heterocycles. The van der Waals surface area contributed by atoms with Crippen molar-refractivity contribution in [3.63, 3.8) is 0 Å². The minimum absolute atomic E-state index is 0.438. The molecular weight excluding hydrogens is 172 g/mol. The van der Waals surface area contributed by atoms with Crippen LogP contribution in [0.3, 0.4) is 0 Å². The first kappa shape index (κ1) is 13.9. The monoisotopic (exact) mass is 200 g/mol.